The van der Waals surface area contributed by atoms with Crippen LogP contribution >= 0.6 is 0 Å². The molecule has 6 nitrogen and oxygen atoms in total. The van der Waals surface area contributed by atoms with Gasteiger partial charge in [0.25, 0.3) is 0 Å². The first kappa shape index (κ1) is 13.0. The van der Waals surface area contributed by atoms with Crippen LogP contribution in [0.4, 0.5) is 0 Å². The molecule has 0 unspecified atom stereocenters. The number of carbonyl (C=O) groups is 1. The maximum absolute atomic E-state index is 11.5. The molecule has 0 aromatic carbocycles. The third-order valence-electron chi connectivity index (χ3n) is 2.84. The van der Waals surface area contributed by atoms with Gasteiger partial charge < -0.3 is 14.2 Å². The predicted molar refractivity (Wildman–Crippen MR) is 63.1 cm³/mol. The molecule has 0 amide bonds. The lowest BCUT2D eigenvalue weighted by Crippen LogP contribution is -2.27. The Morgan fingerprint density at radius 1 is 1.56 bits per heavy atom. The Morgan fingerprint density at radius 3 is 2.94 bits per heavy atom. The average molecular weight is 254 g/mol. The molecular weight excluding hydrogens is 236 g/mol. The van der Waals surface area contributed by atoms with E-state index in [9.17, 15) is 4.79 Å². The number of ether oxygens (including phenoxy) is 3. The Hall–Kier alpha value is -1.40. The first-order valence-electron chi connectivity index (χ1n) is 6.10. The van der Waals surface area contributed by atoms with Crippen LogP contribution in [0, 0.1) is 0 Å². The molecular formula is C12H18N2O4. The van der Waals surface area contributed by atoms with Gasteiger partial charge in [0.2, 0.25) is 0 Å². The molecule has 1 aromatic rings. The largest absolute Gasteiger partial charge is 0.462 e. The van der Waals surface area contributed by atoms with Crippen LogP contribution in [0.5, 0.6) is 0 Å². The molecule has 2 rings (SSSR count). The fraction of sp³-hybridized carbons (Fsp3) is 0.667. The zero-order chi connectivity index (χ0) is 13.0. The molecule has 0 bridgehead atoms. The highest BCUT2D eigenvalue weighted by Gasteiger charge is 2.30. The van der Waals surface area contributed by atoms with Gasteiger partial charge in [-0.2, -0.15) is 5.10 Å². The second-order valence-electron chi connectivity index (χ2n) is 4.29. The summed E-state index contributed by atoms with van der Waals surface area (Å²) in [6.07, 6.45) is 3.88. The zero-order valence-corrected chi connectivity index (χ0v) is 10.7. The van der Waals surface area contributed by atoms with Gasteiger partial charge in [0.15, 0.2) is 5.79 Å². The van der Waals surface area contributed by atoms with Crippen molar-refractivity contribution in [2.45, 2.75) is 32.6 Å². The monoisotopic (exact) mass is 254 g/mol. The predicted octanol–water partition coefficient (Wildman–Crippen LogP) is 1.21. The quantitative estimate of drug-likeness (QED) is 0.739. The summed E-state index contributed by atoms with van der Waals surface area (Å²) in [5, 5.41) is 4.12. The number of aromatic nitrogens is 2. The molecule has 0 saturated carbocycles. The maximum Gasteiger partial charge on any atom is 0.341 e. The highest BCUT2D eigenvalue weighted by molar-refractivity contribution is 5.88. The Balaban J connectivity index is 1.88. The fourth-order valence-corrected chi connectivity index (χ4v) is 1.82. The van der Waals surface area contributed by atoms with E-state index in [1.807, 2.05) is 6.92 Å². The summed E-state index contributed by atoms with van der Waals surface area (Å²) in [5.41, 5.74) is 0.468. The lowest BCUT2D eigenvalue weighted by atomic mass is 10.2. The summed E-state index contributed by atoms with van der Waals surface area (Å²) >= 11 is 0. The number of esters is 1. The number of rotatable bonds is 5. The maximum atomic E-state index is 11.5. The van der Waals surface area contributed by atoms with E-state index in [0.717, 1.165) is 0 Å². The minimum Gasteiger partial charge on any atom is -0.462 e. The fourth-order valence-electron chi connectivity index (χ4n) is 1.82. The molecule has 1 saturated heterocycles. The van der Waals surface area contributed by atoms with Crippen LogP contribution in [0.2, 0.25) is 0 Å². The van der Waals surface area contributed by atoms with E-state index in [0.29, 0.717) is 38.3 Å². The normalized spacial score (nSPS) is 17.9. The van der Waals surface area contributed by atoms with Crippen molar-refractivity contribution in [2.75, 3.05) is 19.8 Å². The summed E-state index contributed by atoms with van der Waals surface area (Å²) in [6.45, 7) is 5.95. The molecule has 1 aliphatic rings. The molecule has 1 fully saturated rings. The Morgan fingerprint density at radius 2 is 2.28 bits per heavy atom. The van der Waals surface area contributed by atoms with Gasteiger partial charge in [0.1, 0.15) is 0 Å². The number of carbonyl (C=O) groups excluding carboxylic acids is 1. The summed E-state index contributed by atoms with van der Waals surface area (Å²) in [6, 6.07) is 0. The van der Waals surface area contributed by atoms with Crippen molar-refractivity contribution < 1.29 is 19.0 Å². The highest BCUT2D eigenvalue weighted by atomic mass is 16.7. The first-order chi connectivity index (χ1) is 8.63. The van der Waals surface area contributed by atoms with Crippen LogP contribution in [0.1, 0.15) is 30.6 Å². The minimum atomic E-state index is -0.532. The second kappa shape index (κ2) is 5.49. The molecule has 0 spiro atoms. The van der Waals surface area contributed by atoms with Crippen LogP contribution in [-0.4, -0.2) is 41.4 Å². The van der Waals surface area contributed by atoms with E-state index in [4.69, 9.17) is 14.2 Å². The number of aryl methyl sites for hydroxylation is 1. The van der Waals surface area contributed by atoms with Crippen molar-refractivity contribution in [3.05, 3.63) is 18.0 Å². The third kappa shape index (κ3) is 3.08. The SMILES string of the molecule is CCOC(=O)c1cnn(CCC2(C)OCCO2)c1. The molecule has 1 aliphatic heterocycles. The van der Waals surface area contributed by atoms with Gasteiger partial charge in [-0.1, -0.05) is 0 Å². The third-order valence-corrected chi connectivity index (χ3v) is 2.84. The minimum absolute atomic E-state index is 0.344. The van der Waals surface area contributed by atoms with Crippen LogP contribution in [0.3, 0.4) is 0 Å². The molecule has 18 heavy (non-hydrogen) atoms. The average Bonchev–Trinajstić information content (AvgIpc) is 2.96. The van der Waals surface area contributed by atoms with Crippen molar-refractivity contribution in [1.29, 1.82) is 0 Å². The molecule has 0 aliphatic carbocycles. The van der Waals surface area contributed by atoms with Crippen LogP contribution in [-0.2, 0) is 20.8 Å². The molecule has 2 heterocycles. The van der Waals surface area contributed by atoms with Crippen molar-refractivity contribution in [3.63, 3.8) is 0 Å². The number of hydrogen-bond acceptors (Lipinski definition) is 5. The van der Waals surface area contributed by atoms with Gasteiger partial charge in [0, 0.05) is 19.2 Å². The van der Waals surface area contributed by atoms with E-state index in [1.165, 1.54) is 6.20 Å². The Kier molecular flexibility index (Phi) is 3.98. The molecule has 0 radical (unpaired) electrons. The molecule has 0 N–H and O–H groups in total. The van der Waals surface area contributed by atoms with Crippen molar-refractivity contribution in [1.82, 2.24) is 9.78 Å². The zero-order valence-electron chi connectivity index (χ0n) is 10.7. The lowest BCUT2D eigenvalue weighted by molar-refractivity contribution is -0.148. The van der Waals surface area contributed by atoms with Crippen molar-refractivity contribution in [2.24, 2.45) is 0 Å². The Labute approximate surface area is 106 Å². The van der Waals surface area contributed by atoms with Gasteiger partial charge in [-0.15, -0.1) is 0 Å². The molecule has 6 heteroatoms. The topological polar surface area (TPSA) is 62.6 Å². The summed E-state index contributed by atoms with van der Waals surface area (Å²) in [7, 11) is 0. The lowest BCUT2D eigenvalue weighted by Gasteiger charge is -2.21. The standard InChI is InChI=1S/C12H18N2O4/c1-3-16-11(15)10-8-13-14(9-10)5-4-12(2)17-6-7-18-12/h8-9H,3-7H2,1-2H3. The van der Waals surface area contributed by atoms with Gasteiger partial charge >= 0.3 is 5.97 Å². The van der Waals surface area contributed by atoms with E-state index in [1.54, 1.807) is 17.8 Å². The Bertz CT molecular complexity index is 410. The van der Waals surface area contributed by atoms with E-state index in [2.05, 4.69) is 5.10 Å². The van der Waals surface area contributed by atoms with Crippen molar-refractivity contribution in [3.8, 4) is 0 Å². The molecule has 1 aromatic heterocycles. The van der Waals surface area contributed by atoms with E-state index < -0.39 is 5.79 Å². The first-order valence-corrected chi connectivity index (χ1v) is 6.10. The smallest absolute Gasteiger partial charge is 0.341 e. The van der Waals surface area contributed by atoms with Crippen LogP contribution in [0.15, 0.2) is 12.4 Å². The number of hydrogen-bond donors (Lipinski definition) is 0. The highest BCUT2D eigenvalue weighted by Crippen LogP contribution is 2.22. The van der Waals surface area contributed by atoms with Gasteiger partial charge in [0.05, 0.1) is 31.6 Å². The van der Waals surface area contributed by atoms with Gasteiger partial charge in [-0.05, 0) is 13.8 Å². The van der Waals surface area contributed by atoms with Gasteiger partial charge in [-0.3, -0.25) is 4.68 Å². The number of nitrogens with zero attached hydrogens (tertiary/aromatic N) is 2. The molecule has 0 atom stereocenters. The summed E-state index contributed by atoms with van der Waals surface area (Å²) < 4.78 is 17.6. The summed E-state index contributed by atoms with van der Waals surface area (Å²) in [5.74, 6) is -0.876. The molecule has 100 valence electrons. The summed E-state index contributed by atoms with van der Waals surface area (Å²) in [4.78, 5) is 11.5. The van der Waals surface area contributed by atoms with E-state index >= 15 is 0 Å². The van der Waals surface area contributed by atoms with Crippen LogP contribution < -0.4 is 0 Å². The van der Waals surface area contributed by atoms with Crippen molar-refractivity contribution >= 4 is 5.97 Å². The van der Waals surface area contributed by atoms with Crippen LogP contribution in [0.25, 0.3) is 0 Å². The van der Waals surface area contributed by atoms with Gasteiger partial charge in [-0.25, -0.2) is 4.79 Å². The van der Waals surface area contributed by atoms with E-state index in [-0.39, 0.29) is 5.97 Å². The second-order valence-corrected chi connectivity index (χ2v) is 4.29.